The van der Waals surface area contributed by atoms with E-state index in [4.69, 9.17) is 0 Å². The predicted molar refractivity (Wildman–Crippen MR) is 70.4 cm³/mol. The summed E-state index contributed by atoms with van der Waals surface area (Å²) in [5, 5.41) is 0. The molecule has 0 spiro atoms. The summed E-state index contributed by atoms with van der Waals surface area (Å²) in [5.41, 5.74) is 0. The van der Waals surface area contributed by atoms with Crippen molar-refractivity contribution in [2.75, 3.05) is 13.1 Å². The van der Waals surface area contributed by atoms with Crippen LogP contribution in [0.15, 0.2) is 0 Å². The largest absolute Gasteiger partial charge is 0.300 e. The van der Waals surface area contributed by atoms with E-state index in [-0.39, 0.29) is 0 Å². The lowest BCUT2D eigenvalue weighted by Gasteiger charge is -2.33. The number of hydrogen-bond acceptors (Lipinski definition) is 1. The first-order chi connectivity index (χ1) is 7.38. The summed E-state index contributed by atoms with van der Waals surface area (Å²) >= 11 is 0. The number of hydrogen-bond donors (Lipinski definition) is 0. The van der Waals surface area contributed by atoms with Crippen molar-refractivity contribution in [1.29, 1.82) is 0 Å². The monoisotopic (exact) mass is 213 g/mol. The molecule has 1 aliphatic carbocycles. The predicted octanol–water partition coefficient (Wildman–Crippen LogP) is 4.47. The summed E-state index contributed by atoms with van der Waals surface area (Å²) in [6, 6.07) is 0.925. The smallest absolute Gasteiger partial charge is 0.00952 e. The molecule has 1 aliphatic rings. The van der Waals surface area contributed by atoms with Crippen molar-refractivity contribution >= 4 is 0 Å². The van der Waals surface area contributed by atoms with Crippen LogP contribution < -0.4 is 0 Å². The van der Waals surface area contributed by atoms with Gasteiger partial charge < -0.3 is 4.90 Å². The van der Waals surface area contributed by atoms with E-state index in [2.05, 4.69) is 18.7 Å². The maximum Gasteiger partial charge on any atom is 0.00952 e. The van der Waals surface area contributed by atoms with Gasteiger partial charge in [0.15, 0.2) is 0 Å². The third kappa shape index (κ3) is 6.19. The van der Waals surface area contributed by atoms with Crippen molar-refractivity contribution in [1.82, 2.24) is 4.90 Å². The maximum absolute atomic E-state index is 2.72. The summed E-state index contributed by atoms with van der Waals surface area (Å²) in [6.07, 6.45) is 9.96. The third-order valence-electron chi connectivity index (χ3n) is 3.11. The second-order valence-electron chi connectivity index (χ2n) is 4.33. The van der Waals surface area contributed by atoms with Crippen molar-refractivity contribution in [2.45, 2.75) is 78.7 Å². The zero-order valence-electron chi connectivity index (χ0n) is 11.4. The Morgan fingerprint density at radius 3 is 1.73 bits per heavy atom. The highest BCUT2D eigenvalue weighted by atomic mass is 15.1. The van der Waals surface area contributed by atoms with Gasteiger partial charge in [0.2, 0.25) is 0 Å². The Kier molecular flexibility index (Phi) is 10.4. The van der Waals surface area contributed by atoms with Crippen molar-refractivity contribution in [3.8, 4) is 0 Å². The molecule has 92 valence electrons. The van der Waals surface area contributed by atoms with Crippen molar-refractivity contribution in [2.24, 2.45) is 0 Å². The molecule has 0 unspecified atom stereocenters. The second-order valence-corrected chi connectivity index (χ2v) is 4.33. The van der Waals surface area contributed by atoms with Crippen LogP contribution >= 0.6 is 0 Å². The van der Waals surface area contributed by atoms with Crippen molar-refractivity contribution < 1.29 is 0 Å². The number of nitrogens with zero attached hydrogens (tertiary/aromatic N) is 1. The van der Waals surface area contributed by atoms with Gasteiger partial charge in [0.1, 0.15) is 0 Å². The van der Waals surface area contributed by atoms with Gasteiger partial charge in [-0.25, -0.2) is 0 Å². The molecule has 0 saturated heterocycles. The summed E-state index contributed by atoms with van der Waals surface area (Å²) in [4.78, 5) is 2.72. The minimum atomic E-state index is 0.925. The molecule has 0 aromatic carbocycles. The van der Waals surface area contributed by atoms with E-state index in [1.165, 1.54) is 58.0 Å². The highest BCUT2D eigenvalue weighted by molar-refractivity contribution is 4.75. The quantitative estimate of drug-likeness (QED) is 0.651. The zero-order chi connectivity index (χ0) is 11.5. The molecule has 0 heterocycles. The molecule has 15 heavy (non-hydrogen) atoms. The fraction of sp³-hybridized carbons (Fsp3) is 1.00. The van der Waals surface area contributed by atoms with Gasteiger partial charge in [-0.15, -0.1) is 0 Å². The summed E-state index contributed by atoms with van der Waals surface area (Å²) in [7, 11) is 0. The highest BCUT2D eigenvalue weighted by Gasteiger charge is 2.19. The molecule has 1 nitrogen and oxygen atoms in total. The van der Waals surface area contributed by atoms with Crippen LogP contribution in [0.1, 0.15) is 72.6 Å². The standard InChI is InChI=1S/C12H25N.C2H6/c1-3-10-13(11-4-2)12-8-6-5-7-9-12;1-2/h12H,3-11H2,1-2H3;1-2H3. The first kappa shape index (κ1) is 15.0. The van der Waals surface area contributed by atoms with Crippen molar-refractivity contribution in [3.63, 3.8) is 0 Å². The van der Waals surface area contributed by atoms with Crippen LogP contribution in [0, 0.1) is 0 Å². The third-order valence-corrected chi connectivity index (χ3v) is 3.11. The Hall–Kier alpha value is -0.0400. The summed E-state index contributed by atoms with van der Waals surface area (Å²) in [5.74, 6) is 0. The molecule has 1 fully saturated rings. The Morgan fingerprint density at radius 2 is 1.33 bits per heavy atom. The van der Waals surface area contributed by atoms with E-state index in [1.54, 1.807) is 0 Å². The molecule has 1 rings (SSSR count). The molecule has 0 aliphatic heterocycles. The first-order valence-corrected chi connectivity index (χ1v) is 7.12. The molecule has 0 aromatic rings. The molecule has 0 radical (unpaired) electrons. The van der Waals surface area contributed by atoms with Gasteiger partial charge in [-0.1, -0.05) is 47.0 Å². The fourth-order valence-corrected chi connectivity index (χ4v) is 2.50. The molecular formula is C14H31N. The van der Waals surface area contributed by atoms with Gasteiger partial charge in [0, 0.05) is 6.04 Å². The average Bonchev–Trinajstić information content (AvgIpc) is 2.33. The highest BCUT2D eigenvalue weighted by Crippen LogP contribution is 2.22. The minimum absolute atomic E-state index is 0.925. The van der Waals surface area contributed by atoms with Gasteiger partial charge in [-0.05, 0) is 38.8 Å². The summed E-state index contributed by atoms with van der Waals surface area (Å²) < 4.78 is 0. The van der Waals surface area contributed by atoms with E-state index in [9.17, 15) is 0 Å². The zero-order valence-corrected chi connectivity index (χ0v) is 11.4. The van der Waals surface area contributed by atoms with E-state index in [0.29, 0.717) is 0 Å². The topological polar surface area (TPSA) is 3.24 Å². The second kappa shape index (κ2) is 10.5. The van der Waals surface area contributed by atoms with Crippen LogP contribution in [-0.4, -0.2) is 24.0 Å². The number of rotatable bonds is 5. The average molecular weight is 213 g/mol. The van der Waals surface area contributed by atoms with Crippen LogP contribution in [0.2, 0.25) is 0 Å². The lowest BCUT2D eigenvalue weighted by molar-refractivity contribution is 0.156. The molecule has 1 saturated carbocycles. The van der Waals surface area contributed by atoms with Gasteiger partial charge in [0.25, 0.3) is 0 Å². The Balaban J connectivity index is 0.000000921. The SMILES string of the molecule is CC.CCCN(CCC)C1CCCCC1. The van der Waals surface area contributed by atoms with E-state index >= 15 is 0 Å². The van der Waals surface area contributed by atoms with Gasteiger partial charge >= 0.3 is 0 Å². The maximum atomic E-state index is 2.72. The molecule has 0 aromatic heterocycles. The van der Waals surface area contributed by atoms with Gasteiger partial charge in [-0.3, -0.25) is 0 Å². The van der Waals surface area contributed by atoms with Crippen molar-refractivity contribution in [3.05, 3.63) is 0 Å². The summed E-state index contributed by atoms with van der Waals surface area (Å²) in [6.45, 7) is 11.2. The van der Waals surface area contributed by atoms with Crippen LogP contribution in [0.25, 0.3) is 0 Å². The molecule has 0 bridgehead atoms. The van der Waals surface area contributed by atoms with Crippen LogP contribution in [0.3, 0.4) is 0 Å². The minimum Gasteiger partial charge on any atom is -0.300 e. The molecule has 0 atom stereocenters. The van der Waals surface area contributed by atoms with E-state index in [0.717, 1.165) is 6.04 Å². The van der Waals surface area contributed by atoms with Crippen LogP contribution in [0.4, 0.5) is 0 Å². The fourth-order valence-electron chi connectivity index (χ4n) is 2.50. The van der Waals surface area contributed by atoms with E-state index < -0.39 is 0 Å². The normalized spacial score (nSPS) is 17.4. The molecule has 0 N–H and O–H groups in total. The Morgan fingerprint density at radius 1 is 0.867 bits per heavy atom. The van der Waals surface area contributed by atoms with Gasteiger partial charge in [-0.2, -0.15) is 0 Å². The van der Waals surface area contributed by atoms with E-state index in [1.807, 2.05) is 13.8 Å². The van der Waals surface area contributed by atoms with Gasteiger partial charge in [0.05, 0.1) is 0 Å². The Bertz CT molecular complexity index is 111. The first-order valence-electron chi connectivity index (χ1n) is 7.12. The van der Waals surface area contributed by atoms with Crippen LogP contribution in [0.5, 0.6) is 0 Å². The lowest BCUT2D eigenvalue weighted by Crippen LogP contribution is -2.37. The molecule has 1 heteroatoms. The molecular weight excluding hydrogens is 182 g/mol. The molecule has 0 amide bonds. The Labute approximate surface area is 97.2 Å². The lowest BCUT2D eigenvalue weighted by atomic mass is 9.94. The van der Waals surface area contributed by atoms with Crippen LogP contribution in [-0.2, 0) is 0 Å².